The van der Waals surface area contributed by atoms with E-state index in [0.717, 1.165) is 72.5 Å². The van der Waals surface area contributed by atoms with Crippen molar-refractivity contribution in [1.29, 1.82) is 0 Å². The fraction of sp³-hybridized carbons (Fsp3) is 0.381. The summed E-state index contributed by atoms with van der Waals surface area (Å²) >= 11 is 0. The summed E-state index contributed by atoms with van der Waals surface area (Å²) in [5, 5.41) is 3.02. The van der Waals surface area contributed by atoms with Gasteiger partial charge < -0.3 is 20.9 Å². The second-order valence-corrected chi connectivity index (χ2v) is 7.75. The Bertz CT molecular complexity index is 996. The van der Waals surface area contributed by atoms with Crippen molar-refractivity contribution in [3.8, 4) is 0 Å². The maximum absolute atomic E-state index is 13.0. The summed E-state index contributed by atoms with van der Waals surface area (Å²) in [4.78, 5) is 27.4. The van der Waals surface area contributed by atoms with E-state index in [1.54, 1.807) is 6.20 Å². The van der Waals surface area contributed by atoms with Gasteiger partial charge in [0.1, 0.15) is 5.82 Å². The Balaban J connectivity index is 1.35. The van der Waals surface area contributed by atoms with Crippen molar-refractivity contribution in [3.05, 3.63) is 53.6 Å². The van der Waals surface area contributed by atoms with Crippen molar-refractivity contribution >= 4 is 22.8 Å². The number of nitrogens with zero attached hydrogens (tertiary/aromatic N) is 3. The molecule has 0 bridgehead atoms. The van der Waals surface area contributed by atoms with Gasteiger partial charge in [-0.1, -0.05) is 12.1 Å². The van der Waals surface area contributed by atoms with Crippen LogP contribution in [0.5, 0.6) is 0 Å². The van der Waals surface area contributed by atoms with Crippen molar-refractivity contribution in [2.24, 2.45) is 5.73 Å². The standard InChI is InChI=1S/C21H24N6O/c22-14-7-8-16-13(10-14)11-15(12-23-16)24-21(28)27-9-3-6-19(27)20-25-17-4-1-2-5-18(17)26-20/h1-2,4-5,11-12,14,19H,3,6-10,22H2,(H,24,28)(H,25,26). The zero-order chi connectivity index (χ0) is 19.1. The lowest BCUT2D eigenvalue weighted by Gasteiger charge is -2.24. The molecule has 0 saturated carbocycles. The van der Waals surface area contributed by atoms with Gasteiger partial charge in [0.2, 0.25) is 0 Å². The van der Waals surface area contributed by atoms with Crippen LogP contribution in [0.25, 0.3) is 11.0 Å². The van der Waals surface area contributed by atoms with Crippen molar-refractivity contribution < 1.29 is 4.79 Å². The van der Waals surface area contributed by atoms with Gasteiger partial charge in [0.25, 0.3) is 0 Å². The van der Waals surface area contributed by atoms with Crippen LogP contribution in [-0.2, 0) is 12.8 Å². The largest absolute Gasteiger partial charge is 0.340 e. The molecular weight excluding hydrogens is 352 g/mol. The highest BCUT2D eigenvalue weighted by molar-refractivity contribution is 5.89. The monoisotopic (exact) mass is 376 g/mol. The van der Waals surface area contributed by atoms with Crippen LogP contribution in [0.2, 0.25) is 0 Å². The number of likely N-dealkylation sites (tertiary alicyclic amines) is 1. The Kier molecular flexibility index (Phi) is 4.24. The number of fused-ring (bicyclic) bond motifs is 2. The number of benzene rings is 1. The summed E-state index contributed by atoms with van der Waals surface area (Å²) in [6.07, 6.45) is 6.32. The zero-order valence-electron chi connectivity index (χ0n) is 15.7. The molecular formula is C21H24N6O. The number of para-hydroxylation sites is 2. The quantitative estimate of drug-likeness (QED) is 0.640. The van der Waals surface area contributed by atoms with Crippen molar-refractivity contribution in [2.45, 2.75) is 44.2 Å². The molecule has 0 spiro atoms. The molecule has 3 aromatic rings. The van der Waals surface area contributed by atoms with E-state index in [1.165, 1.54) is 0 Å². The van der Waals surface area contributed by atoms with Gasteiger partial charge in [-0.05, 0) is 55.9 Å². The van der Waals surface area contributed by atoms with Crippen LogP contribution in [0.15, 0.2) is 36.5 Å². The number of hydrogen-bond donors (Lipinski definition) is 3. The molecule has 1 fully saturated rings. The first-order valence-corrected chi connectivity index (χ1v) is 9.93. The van der Waals surface area contributed by atoms with E-state index < -0.39 is 0 Å². The fourth-order valence-electron chi connectivity index (χ4n) is 4.34. The number of aromatic nitrogens is 3. The lowest BCUT2D eigenvalue weighted by Crippen LogP contribution is -2.35. The first kappa shape index (κ1) is 17.2. The van der Waals surface area contributed by atoms with Crippen molar-refractivity contribution in [3.63, 3.8) is 0 Å². The molecule has 2 amide bonds. The highest BCUT2D eigenvalue weighted by Crippen LogP contribution is 2.32. The number of H-pyrrole nitrogens is 1. The highest BCUT2D eigenvalue weighted by atomic mass is 16.2. The number of nitrogens with two attached hydrogens (primary N) is 1. The smallest absolute Gasteiger partial charge is 0.322 e. The average Bonchev–Trinajstić information content (AvgIpc) is 3.34. The number of hydrogen-bond acceptors (Lipinski definition) is 4. The predicted octanol–water partition coefficient (Wildman–Crippen LogP) is 3.14. The molecule has 28 heavy (non-hydrogen) atoms. The van der Waals surface area contributed by atoms with E-state index in [9.17, 15) is 4.79 Å². The van der Waals surface area contributed by atoms with Gasteiger partial charge in [-0.2, -0.15) is 0 Å². The molecule has 7 heteroatoms. The third-order valence-corrected chi connectivity index (χ3v) is 5.78. The second kappa shape index (κ2) is 6.91. The van der Waals surface area contributed by atoms with Gasteiger partial charge in [0.15, 0.2) is 0 Å². The molecule has 2 aromatic heterocycles. The number of urea groups is 1. The Labute approximate surface area is 163 Å². The SMILES string of the molecule is NC1CCc2ncc(NC(=O)N3CCCC3c3nc4ccccc4[nH]3)cc2C1. The van der Waals surface area contributed by atoms with Gasteiger partial charge in [-0.15, -0.1) is 0 Å². The molecule has 0 radical (unpaired) electrons. The van der Waals surface area contributed by atoms with Crippen LogP contribution in [0.4, 0.5) is 10.5 Å². The van der Waals surface area contributed by atoms with Crippen LogP contribution in [0.1, 0.15) is 42.4 Å². The van der Waals surface area contributed by atoms with Gasteiger partial charge in [0, 0.05) is 18.3 Å². The molecule has 1 aromatic carbocycles. The van der Waals surface area contributed by atoms with E-state index in [4.69, 9.17) is 10.7 Å². The number of amides is 2. The van der Waals surface area contributed by atoms with E-state index in [0.29, 0.717) is 0 Å². The number of carbonyl (C=O) groups excluding carboxylic acids is 1. The average molecular weight is 376 g/mol. The van der Waals surface area contributed by atoms with E-state index in [1.807, 2.05) is 35.2 Å². The van der Waals surface area contributed by atoms with Gasteiger partial charge in [-0.3, -0.25) is 4.98 Å². The minimum atomic E-state index is -0.107. The number of imidazole rings is 1. The van der Waals surface area contributed by atoms with Crippen LogP contribution in [0.3, 0.4) is 0 Å². The van der Waals surface area contributed by atoms with Crippen molar-refractivity contribution in [2.75, 3.05) is 11.9 Å². The summed E-state index contributed by atoms with van der Waals surface area (Å²) in [5.74, 6) is 0.850. The Morgan fingerprint density at radius 2 is 2.18 bits per heavy atom. The van der Waals surface area contributed by atoms with E-state index >= 15 is 0 Å². The first-order chi connectivity index (χ1) is 13.7. The summed E-state index contributed by atoms with van der Waals surface area (Å²) in [6.45, 7) is 0.719. The number of anilines is 1. The van der Waals surface area contributed by atoms with Gasteiger partial charge in [-0.25, -0.2) is 9.78 Å². The lowest BCUT2D eigenvalue weighted by molar-refractivity contribution is 0.205. The molecule has 3 heterocycles. The Morgan fingerprint density at radius 1 is 1.29 bits per heavy atom. The summed E-state index contributed by atoms with van der Waals surface area (Å²) in [7, 11) is 0. The van der Waals surface area contributed by atoms with E-state index in [-0.39, 0.29) is 18.1 Å². The molecule has 144 valence electrons. The number of carbonyl (C=O) groups is 1. The Hall–Kier alpha value is -2.93. The third-order valence-electron chi connectivity index (χ3n) is 5.78. The number of pyridine rings is 1. The maximum atomic E-state index is 13.0. The van der Waals surface area contributed by atoms with Crippen LogP contribution >= 0.6 is 0 Å². The lowest BCUT2D eigenvalue weighted by atomic mass is 9.92. The minimum absolute atomic E-state index is 0.0357. The molecule has 4 N–H and O–H groups in total. The summed E-state index contributed by atoms with van der Waals surface area (Å²) < 4.78 is 0. The molecule has 1 saturated heterocycles. The normalized spacial score (nSPS) is 21.7. The number of nitrogens with one attached hydrogen (secondary N) is 2. The third kappa shape index (κ3) is 3.11. The van der Waals surface area contributed by atoms with Gasteiger partial charge >= 0.3 is 6.03 Å². The first-order valence-electron chi connectivity index (χ1n) is 9.93. The summed E-state index contributed by atoms with van der Waals surface area (Å²) in [5.41, 5.74) is 11.0. The topological polar surface area (TPSA) is 99.9 Å². The highest BCUT2D eigenvalue weighted by Gasteiger charge is 2.32. The molecule has 7 nitrogen and oxygen atoms in total. The van der Waals surface area contributed by atoms with Crippen LogP contribution in [0, 0.1) is 0 Å². The van der Waals surface area contributed by atoms with Crippen LogP contribution in [-0.4, -0.2) is 38.5 Å². The molecule has 1 aliphatic carbocycles. The second-order valence-electron chi connectivity index (χ2n) is 7.75. The van der Waals surface area contributed by atoms with E-state index in [2.05, 4.69) is 15.3 Å². The minimum Gasteiger partial charge on any atom is -0.340 e. The molecule has 2 unspecified atom stereocenters. The molecule has 5 rings (SSSR count). The molecule has 2 aliphatic rings. The maximum Gasteiger partial charge on any atom is 0.322 e. The van der Waals surface area contributed by atoms with Crippen LogP contribution < -0.4 is 11.1 Å². The number of aromatic amines is 1. The molecule has 1 aliphatic heterocycles. The van der Waals surface area contributed by atoms with Gasteiger partial charge in [0.05, 0.1) is 29.0 Å². The number of aryl methyl sites for hydroxylation is 1. The Morgan fingerprint density at radius 3 is 3.07 bits per heavy atom. The fourth-order valence-corrected chi connectivity index (χ4v) is 4.34. The van der Waals surface area contributed by atoms with Crippen molar-refractivity contribution in [1.82, 2.24) is 19.9 Å². The predicted molar refractivity (Wildman–Crippen MR) is 108 cm³/mol. The zero-order valence-corrected chi connectivity index (χ0v) is 15.7. The molecule has 2 atom stereocenters. The number of rotatable bonds is 2. The summed E-state index contributed by atoms with van der Waals surface area (Å²) in [6, 6.07) is 10.0.